The van der Waals surface area contributed by atoms with Gasteiger partial charge in [-0.25, -0.2) is 14.3 Å². The first-order valence-electron chi connectivity index (χ1n) is 21.0. The standard InChI is InChI=1S/C46H55N7O7Si/c1-46(2,3)60-45(58)53-38-25-40(48-27-32(38)24-39(53)36-16-11-21-50(36)4)49-42(55)35-18-17-30(26-47-35)12-8-9-13-31-14-10-15-33-34(31)28-51(43(33)56)37-19-20-41(54)52(44(37)57)29-59-22-23-61(5,6)7/h10,14-15,17-18,24-27,36-37H,8,11-12,16,19-23,28-29H2,1-7H3,(H,48,49,55)/t36-,37?/m1/s1. The SMILES string of the molecule is CN1CCC[C@@H]1c1cc2cnc(NC(=O)c3ccc(CCC#Cc4cccc5c4CN(C4CCC(=O)N(COCC[Si](C)(C)C)C4=O)C5=O)cn3)cc2n1C(=O)OC(C)(C)C. The molecule has 3 aliphatic heterocycles. The summed E-state index contributed by atoms with van der Waals surface area (Å²) in [5, 5.41) is 3.60. The normalized spacial score (nSPS) is 18.4. The summed E-state index contributed by atoms with van der Waals surface area (Å²) in [7, 11) is 0.715. The van der Waals surface area contributed by atoms with Crippen LogP contribution in [0.25, 0.3) is 10.9 Å². The molecular formula is C46H55N7O7Si. The second-order valence-corrected chi connectivity index (χ2v) is 23.9. The highest BCUT2D eigenvalue weighted by Crippen LogP contribution is 2.36. The first-order valence-corrected chi connectivity index (χ1v) is 24.7. The lowest BCUT2D eigenvalue weighted by molar-refractivity contribution is -0.158. The minimum atomic E-state index is -1.33. The lowest BCUT2D eigenvalue weighted by Crippen LogP contribution is -2.55. The lowest BCUT2D eigenvalue weighted by Gasteiger charge is -2.35. The third kappa shape index (κ3) is 9.93. The molecule has 14 nitrogen and oxygen atoms in total. The molecule has 0 bridgehead atoms. The molecule has 0 spiro atoms. The Labute approximate surface area is 358 Å². The Bertz CT molecular complexity index is 2420. The van der Waals surface area contributed by atoms with Crippen LogP contribution in [0, 0.1) is 11.8 Å². The fourth-order valence-corrected chi connectivity index (χ4v) is 8.74. The molecule has 2 fully saturated rings. The van der Waals surface area contributed by atoms with Gasteiger partial charge in [-0.15, -0.1) is 0 Å². The van der Waals surface area contributed by atoms with Gasteiger partial charge in [0.05, 0.1) is 11.6 Å². The number of carbonyl (C=O) groups is 5. The number of benzene rings is 1. The number of ether oxygens (including phenoxy) is 2. The monoisotopic (exact) mass is 845 g/mol. The zero-order chi connectivity index (χ0) is 43.6. The molecule has 0 aliphatic carbocycles. The van der Waals surface area contributed by atoms with Gasteiger partial charge >= 0.3 is 6.09 Å². The molecule has 15 heteroatoms. The number of carbonyl (C=O) groups excluding carboxylic acids is 5. The summed E-state index contributed by atoms with van der Waals surface area (Å²) in [5.74, 6) is 5.36. The molecule has 3 aromatic heterocycles. The summed E-state index contributed by atoms with van der Waals surface area (Å²) in [4.78, 5) is 80.4. The minimum absolute atomic E-state index is 0.0546. The number of nitrogens with zero attached hydrogens (tertiary/aromatic N) is 6. The fourth-order valence-electron chi connectivity index (χ4n) is 7.99. The summed E-state index contributed by atoms with van der Waals surface area (Å²) in [6.07, 6.45) is 6.30. The van der Waals surface area contributed by atoms with Gasteiger partial charge in [-0.05, 0) is 101 Å². The lowest BCUT2D eigenvalue weighted by atomic mass is 10.0. The number of likely N-dealkylation sites (tertiary alicyclic amines) is 2. The van der Waals surface area contributed by atoms with E-state index in [1.807, 2.05) is 46.0 Å². The van der Waals surface area contributed by atoms with Crippen LogP contribution in [0.5, 0.6) is 0 Å². The number of aromatic nitrogens is 3. The number of aryl methyl sites for hydroxylation is 1. The van der Waals surface area contributed by atoms with Gasteiger partial charge in [0.15, 0.2) is 0 Å². The van der Waals surface area contributed by atoms with Crippen molar-refractivity contribution in [1.82, 2.24) is 29.2 Å². The zero-order valence-corrected chi connectivity index (χ0v) is 37.2. The van der Waals surface area contributed by atoms with Crippen molar-refractivity contribution in [3.8, 4) is 11.8 Å². The maximum atomic E-state index is 13.6. The number of piperidine rings is 1. The second-order valence-electron chi connectivity index (χ2n) is 18.3. The van der Waals surface area contributed by atoms with Crippen LogP contribution in [-0.4, -0.2) is 106 Å². The third-order valence-corrected chi connectivity index (χ3v) is 13.0. The van der Waals surface area contributed by atoms with Crippen LogP contribution in [0.3, 0.4) is 0 Å². The van der Waals surface area contributed by atoms with Crippen molar-refractivity contribution < 1.29 is 33.4 Å². The molecule has 2 atom stereocenters. The number of nitrogens with one attached hydrogen (secondary N) is 1. The molecule has 1 aromatic carbocycles. The Hall–Kier alpha value is -5.69. The van der Waals surface area contributed by atoms with Crippen LogP contribution in [0.2, 0.25) is 25.7 Å². The number of pyridine rings is 2. The summed E-state index contributed by atoms with van der Waals surface area (Å²) < 4.78 is 13.1. The first kappa shape index (κ1) is 43.4. The van der Waals surface area contributed by atoms with Crippen LogP contribution in [0.4, 0.5) is 10.6 Å². The first-order chi connectivity index (χ1) is 29.0. The van der Waals surface area contributed by atoms with Gasteiger partial charge in [-0.3, -0.25) is 34.0 Å². The molecule has 7 rings (SSSR count). The summed E-state index contributed by atoms with van der Waals surface area (Å²) in [6.45, 7) is 13.8. The molecule has 1 unspecified atom stereocenters. The topological polar surface area (TPSA) is 156 Å². The van der Waals surface area contributed by atoms with Crippen molar-refractivity contribution in [2.75, 3.05) is 32.2 Å². The number of anilines is 1. The highest BCUT2D eigenvalue weighted by atomic mass is 28.3. The Morgan fingerprint density at radius 3 is 2.51 bits per heavy atom. The van der Waals surface area contributed by atoms with E-state index in [1.54, 1.807) is 46.1 Å². The zero-order valence-electron chi connectivity index (χ0n) is 36.2. The smallest absolute Gasteiger partial charge is 0.419 e. The highest BCUT2D eigenvalue weighted by Gasteiger charge is 2.43. The van der Waals surface area contributed by atoms with Gasteiger partial charge < -0.3 is 19.7 Å². The molecule has 4 aromatic rings. The summed E-state index contributed by atoms with van der Waals surface area (Å²) in [6, 6.07) is 12.8. The Morgan fingerprint density at radius 2 is 1.80 bits per heavy atom. The van der Waals surface area contributed by atoms with E-state index in [1.165, 1.54) is 0 Å². The van der Waals surface area contributed by atoms with Crippen molar-refractivity contribution in [3.63, 3.8) is 0 Å². The van der Waals surface area contributed by atoms with E-state index in [9.17, 15) is 24.0 Å². The van der Waals surface area contributed by atoms with E-state index >= 15 is 0 Å². The average molecular weight is 846 g/mol. The van der Waals surface area contributed by atoms with Gasteiger partial charge in [-0.2, -0.15) is 0 Å². The predicted molar refractivity (Wildman–Crippen MR) is 234 cm³/mol. The molecule has 0 saturated carbocycles. The molecule has 2 saturated heterocycles. The summed E-state index contributed by atoms with van der Waals surface area (Å²) >= 11 is 0. The number of hydrogen-bond donors (Lipinski definition) is 1. The molecule has 4 amide bonds. The van der Waals surface area contributed by atoms with Crippen LogP contribution in [0.1, 0.15) is 102 Å². The van der Waals surface area contributed by atoms with E-state index in [4.69, 9.17) is 9.47 Å². The molecular weight excluding hydrogens is 791 g/mol. The Kier molecular flexibility index (Phi) is 12.6. The second kappa shape index (κ2) is 17.7. The van der Waals surface area contributed by atoms with Crippen LogP contribution in [-0.2, 0) is 32.0 Å². The highest BCUT2D eigenvalue weighted by molar-refractivity contribution is 6.76. The van der Waals surface area contributed by atoms with Gasteiger partial charge in [0, 0.05) is 74.7 Å². The van der Waals surface area contributed by atoms with E-state index in [0.29, 0.717) is 30.5 Å². The van der Waals surface area contributed by atoms with Gasteiger partial charge in [0.2, 0.25) is 5.91 Å². The molecule has 61 heavy (non-hydrogen) atoms. The number of fused-ring (bicyclic) bond motifs is 2. The van der Waals surface area contributed by atoms with Crippen LogP contribution in [0.15, 0.2) is 54.9 Å². The van der Waals surface area contributed by atoms with Crippen molar-refractivity contribution >= 4 is 54.5 Å². The number of hydrogen-bond acceptors (Lipinski definition) is 10. The molecule has 320 valence electrons. The molecule has 1 N–H and O–H groups in total. The van der Waals surface area contributed by atoms with Crippen LogP contribution >= 0.6 is 0 Å². The average Bonchev–Trinajstić information content (AvgIpc) is 3.90. The van der Waals surface area contributed by atoms with Gasteiger partial charge in [0.1, 0.15) is 29.9 Å². The molecule has 3 aliphatic rings. The number of amides is 4. The maximum Gasteiger partial charge on any atom is 0.419 e. The largest absolute Gasteiger partial charge is 0.443 e. The van der Waals surface area contributed by atoms with Crippen molar-refractivity contribution in [1.29, 1.82) is 0 Å². The number of rotatable bonds is 11. The van der Waals surface area contributed by atoms with Gasteiger partial charge in [0.25, 0.3) is 17.7 Å². The Balaban J connectivity index is 0.966. The summed E-state index contributed by atoms with van der Waals surface area (Å²) in [5.41, 5.74) is 3.85. The van der Waals surface area contributed by atoms with Gasteiger partial charge in [-0.1, -0.05) is 43.6 Å². The fraction of sp³-hybridized carbons (Fsp3) is 0.457. The quantitative estimate of drug-likeness (QED) is 0.0722. The third-order valence-electron chi connectivity index (χ3n) is 11.3. The Morgan fingerprint density at radius 1 is 1.00 bits per heavy atom. The van der Waals surface area contributed by atoms with E-state index in [2.05, 4.69) is 51.7 Å². The van der Waals surface area contributed by atoms with Crippen molar-refractivity contribution in [2.45, 2.75) is 109 Å². The molecule has 6 heterocycles. The maximum absolute atomic E-state index is 13.6. The van der Waals surface area contributed by atoms with E-state index in [-0.39, 0.29) is 55.5 Å². The minimum Gasteiger partial charge on any atom is -0.443 e. The van der Waals surface area contributed by atoms with E-state index < -0.39 is 37.6 Å². The van der Waals surface area contributed by atoms with E-state index in [0.717, 1.165) is 58.1 Å². The van der Waals surface area contributed by atoms with Crippen molar-refractivity contribution in [3.05, 3.63) is 88.5 Å². The predicted octanol–water partition coefficient (Wildman–Crippen LogP) is 7.00. The molecule has 0 radical (unpaired) electrons. The van der Waals surface area contributed by atoms with Crippen molar-refractivity contribution in [2.24, 2.45) is 0 Å². The van der Waals surface area contributed by atoms with Crippen LogP contribution < -0.4 is 5.32 Å². The number of imide groups is 1.